The highest BCUT2D eigenvalue weighted by Crippen LogP contribution is 2.17. The van der Waals surface area contributed by atoms with E-state index >= 15 is 0 Å². The van der Waals surface area contributed by atoms with E-state index in [1.165, 1.54) is 25.3 Å². The molecule has 0 bridgehead atoms. The minimum atomic E-state index is -0.363. The van der Waals surface area contributed by atoms with Gasteiger partial charge in [0.05, 0.1) is 11.9 Å². The number of nitrogens with one attached hydrogen (secondary N) is 2. The van der Waals surface area contributed by atoms with Gasteiger partial charge in [-0.3, -0.25) is 9.59 Å². The Labute approximate surface area is 149 Å². The van der Waals surface area contributed by atoms with Gasteiger partial charge in [-0.15, -0.1) is 0 Å². The van der Waals surface area contributed by atoms with Crippen LogP contribution in [0.2, 0.25) is 0 Å². The van der Waals surface area contributed by atoms with Crippen molar-refractivity contribution in [1.82, 2.24) is 4.98 Å². The molecule has 26 heavy (non-hydrogen) atoms. The zero-order chi connectivity index (χ0) is 18.5. The van der Waals surface area contributed by atoms with Gasteiger partial charge in [0.25, 0.3) is 5.91 Å². The smallest absolute Gasteiger partial charge is 0.274 e. The Balaban J connectivity index is 1.65. The van der Waals surface area contributed by atoms with Gasteiger partial charge in [-0.2, -0.15) is 0 Å². The summed E-state index contributed by atoms with van der Waals surface area (Å²) in [4.78, 5) is 27.6. The van der Waals surface area contributed by atoms with Crippen LogP contribution >= 0.6 is 0 Å². The first-order valence-corrected chi connectivity index (χ1v) is 7.92. The molecule has 3 aromatic rings. The molecule has 0 atom stereocenters. The summed E-state index contributed by atoms with van der Waals surface area (Å²) >= 11 is 0. The Kier molecular flexibility index (Phi) is 5.03. The van der Waals surface area contributed by atoms with Gasteiger partial charge < -0.3 is 10.6 Å². The second-order valence-corrected chi connectivity index (χ2v) is 5.66. The first-order chi connectivity index (χ1) is 12.5. The number of halogens is 1. The highest BCUT2D eigenvalue weighted by molar-refractivity contribution is 6.03. The van der Waals surface area contributed by atoms with Crippen LogP contribution in [0.3, 0.4) is 0 Å². The van der Waals surface area contributed by atoms with Crippen molar-refractivity contribution in [3.05, 3.63) is 83.9 Å². The standard InChI is InChI=1S/C20H16FN3O2/c1-13(25)14-5-7-16(8-6-14)24-20(26)19-10-9-18(12-22-19)23-17-4-2-3-15(21)11-17/h2-12,23H,1H3,(H,24,26). The fourth-order valence-corrected chi connectivity index (χ4v) is 2.32. The van der Waals surface area contributed by atoms with Crippen LogP contribution in [0.4, 0.5) is 21.5 Å². The molecule has 5 nitrogen and oxygen atoms in total. The maximum absolute atomic E-state index is 13.2. The Morgan fingerprint density at radius 3 is 2.27 bits per heavy atom. The van der Waals surface area contributed by atoms with Crippen molar-refractivity contribution in [3.8, 4) is 0 Å². The molecular weight excluding hydrogens is 333 g/mol. The number of amides is 1. The lowest BCUT2D eigenvalue weighted by Crippen LogP contribution is -2.13. The molecule has 0 radical (unpaired) electrons. The van der Waals surface area contributed by atoms with Crippen molar-refractivity contribution in [1.29, 1.82) is 0 Å². The average molecular weight is 349 g/mol. The van der Waals surface area contributed by atoms with Gasteiger partial charge in [0, 0.05) is 16.9 Å². The van der Waals surface area contributed by atoms with Crippen molar-refractivity contribution in [2.75, 3.05) is 10.6 Å². The SMILES string of the molecule is CC(=O)c1ccc(NC(=O)c2ccc(Nc3cccc(F)c3)cn2)cc1. The van der Waals surface area contributed by atoms with Crippen LogP contribution in [0.1, 0.15) is 27.8 Å². The largest absolute Gasteiger partial charge is 0.354 e. The van der Waals surface area contributed by atoms with Crippen LogP contribution in [0, 0.1) is 5.82 Å². The average Bonchev–Trinajstić information content (AvgIpc) is 2.63. The fraction of sp³-hybridized carbons (Fsp3) is 0.0500. The third-order valence-electron chi connectivity index (χ3n) is 3.66. The molecule has 0 aliphatic heterocycles. The summed E-state index contributed by atoms with van der Waals surface area (Å²) in [5.41, 5.74) is 2.62. The molecule has 0 fully saturated rings. The maximum Gasteiger partial charge on any atom is 0.274 e. The summed E-state index contributed by atoms with van der Waals surface area (Å²) in [6.07, 6.45) is 1.50. The molecule has 2 N–H and O–H groups in total. The van der Waals surface area contributed by atoms with Crippen LogP contribution < -0.4 is 10.6 Å². The predicted octanol–water partition coefficient (Wildman–Crippen LogP) is 4.42. The third-order valence-corrected chi connectivity index (χ3v) is 3.66. The molecule has 0 spiro atoms. The van der Waals surface area contributed by atoms with Crippen molar-refractivity contribution in [3.63, 3.8) is 0 Å². The number of rotatable bonds is 5. The summed E-state index contributed by atoms with van der Waals surface area (Å²) in [6.45, 7) is 1.48. The Bertz CT molecular complexity index is 938. The number of ketones is 1. The summed E-state index contributed by atoms with van der Waals surface area (Å²) in [5.74, 6) is -0.737. The first-order valence-electron chi connectivity index (χ1n) is 7.92. The zero-order valence-electron chi connectivity index (χ0n) is 14.0. The van der Waals surface area contributed by atoms with E-state index in [0.29, 0.717) is 22.6 Å². The van der Waals surface area contributed by atoms with Crippen molar-refractivity contribution in [2.24, 2.45) is 0 Å². The van der Waals surface area contributed by atoms with Crippen molar-refractivity contribution < 1.29 is 14.0 Å². The monoisotopic (exact) mass is 349 g/mol. The number of anilines is 3. The van der Waals surface area contributed by atoms with Crippen molar-refractivity contribution >= 4 is 28.8 Å². The van der Waals surface area contributed by atoms with E-state index in [4.69, 9.17) is 0 Å². The number of pyridine rings is 1. The zero-order valence-corrected chi connectivity index (χ0v) is 14.0. The van der Waals surface area contributed by atoms with Gasteiger partial charge in [-0.05, 0) is 61.5 Å². The number of carbonyl (C=O) groups is 2. The van der Waals surface area contributed by atoms with Crippen LogP contribution in [-0.2, 0) is 0 Å². The highest BCUT2D eigenvalue weighted by Gasteiger charge is 2.08. The summed E-state index contributed by atoms with van der Waals surface area (Å²) in [5, 5.41) is 5.73. The molecule has 6 heteroatoms. The van der Waals surface area contributed by atoms with E-state index in [1.54, 1.807) is 48.5 Å². The molecule has 3 rings (SSSR count). The number of hydrogen-bond donors (Lipinski definition) is 2. The number of carbonyl (C=O) groups excluding carboxylic acids is 2. The van der Waals surface area contributed by atoms with E-state index in [9.17, 15) is 14.0 Å². The van der Waals surface area contributed by atoms with E-state index in [1.807, 2.05) is 0 Å². The minimum absolute atomic E-state index is 0.0362. The molecule has 130 valence electrons. The van der Waals surface area contributed by atoms with E-state index in [0.717, 1.165) is 0 Å². The quantitative estimate of drug-likeness (QED) is 0.669. The highest BCUT2D eigenvalue weighted by atomic mass is 19.1. The number of hydrogen-bond acceptors (Lipinski definition) is 4. The lowest BCUT2D eigenvalue weighted by molar-refractivity contribution is 0.101. The minimum Gasteiger partial charge on any atom is -0.354 e. The maximum atomic E-state index is 13.2. The van der Waals surface area contributed by atoms with Crippen LogP contribution in [-0.4, -0.2) is 16.7 Å². The van der Waals surface area contributed by atoms with E-state index in [-0.39, 0.29) is 23.2 Å². The fourth-order valence-electron chi connectivity index (χ4n) is 2.32. The van der Waals surface area contributed by atoms with Crippen molar-refractivity contribution in [2.45, 2.75) is 6.92 Å². The predicted molar refractivity (Wildman–Crippen MR) is 98.3 cm³/mol. The molecule has 1 heterocycles. The third kappa shape index (κ3) is 4.30. The second-order valence-electron chi connectivity index (χ2n) is 5.66. The summed E-state index contributed by atoms with van der Waals surface area (Å²) in [7, 11) is 0. The molecule has 0 aliphatic carbocycles. The molecule has 1 amide bonds. The Morgan fingerprint density at radius 2 is 1.65 bits per heavy atom. The second kappa shape index (κ2) is 7.57. The molecule has 0 unspecified atom stereocenters. The number of nitrogens with zero attached hydrogens (tertiary/aromatic N) is 1. The van der Waals surface area contributed by atoms with Crippen LogP contribution in [0.15, 0.2) is 66.9 Å². The van der Waals surface area contributed by atoms with Gasteiger partial charge in [-0.1, -0.05) is 6.07 Å². The number of aromatic nitrogens is 1. The lowest BCUT2D eigenvalue weighted by Gasteiger charge is -2.08. The number of benzene rings is 2. The van der Waals surface area contributed by atoms with Gasteiger partial charge >= 0.3 is 0 Å². The van der Waals surface area contributed by atoms with Gasteiger partial charge in [0.1, 0.15) is 11.5 Å². The molecular formula is C20H16FN3O2. The van der Waals surface area contributed by atoms with Gasteiger partial charge in [0.15, 0.2) is 5.78 Å². The molecule has 0 saturated heterocycles. The number of Topliss-reactive ketones (excluding diaryl/α,β-unsaturated/α-hetero) is 1. The van der Waals surface area contributed by atoms with E-state index in [2.05, 4.69) is 15.6 Å². The first kappa shape index (κ1) is 17.3. The summed E-state index contributed by atoms with van der Waals surface area (Å²) in [6, 6.07) is 15.9. The molecule has 0 aliphatic rings. The molecule has 2 aromatic carbocycles. The molecule has 1 aromatic heterocycles. The van der Waals surface area contributed by atoms with Crippen LogP contribution in [0.25, 0.3) is 0 Å². The Hall–Kier alpha value is -3.54. The van der Waals surface area contributed by atoms with Gasteiger partial charge in [-0.25, -0.2) is 9.37 Å². The van der Waals surface area contributed by atoms with E-state index < -0.39 is 0 Å². The Morgan fingerprint density at radius 1 is 0.923 bits per heavy atom. The van der Waals surface area contributed by atoms with Crippen LogP contribution in [0.5, 0.6) is 0 Å². The normalized spacial score (nSPS) is 10.2. The summed E-state index contributed by atoms with van der Waals surface area (Å²) < 4.78 is 13.2. The molecule has 0 saturated carbocycles. The van der Waals surface area contributed by atoms with Gasteiger partial charge in [0.2, 0.25) is 0 Å². The topological polar surface area (TPSA) is 71.1 Å². The lowest BCUT2D eigenvalue weighted by atomic mass is 10.1.